The van der Waals surface area contributed by atoms with Crippen LogP contribution in [0.4, 0.5) is 10.1 Å². The van der Waals surface area contributed by atoms with E-state index in [0.717, 1.165) is 16.1 Å². The Morgan fingerprint density at radius 2 is 1.72 bits per heavy atom. The van der Waals surface area contributed by atoms with Crippen molar-refractivity contribution in [3.05, 3.63) is 66.0 Å². The molecule has 0 aliphatic carbocycles. The van der Waals surface area contributed by atoms with Gasteiger partial charge in [0.15, 0.2) is 0 Å². The molecule has 2 aromatic rings. The normalized spacial score (nSPS) is 12.4. The van der Waals surface area contributed by atoms with Crippen LogP contribution in [0, 0.1) is 5.82 Å². The Bertz CT molecular complexity index is 808. The Morgan fingerprint density at radius 3 is 2.24 bits per heavy atom. The van der Waals surface area contributed by atoms with Crippen molar-refractivity contribution in [1.82, 2.24) is 5.32 Å². The van der Waals surface area contributed by atoms with Crippen molar-refractivity contribution in [3.63, 3.8) is 0 Å². The molecule has 134 valence electrons. The van der Waals surface area contributed by atoms with E-state index in [1.54, 1.807) is 49.4 Å². The molecule has 0 spiro atoms. The highest BCUT2D eigenvalue weighted by atomic mass is 32.2. The zero-order chi connectivity index (χ0) is 18.4. The number of nitrogens with one attached hydrogen (secondary N) is 1. The molecule has 0 heterocycles. The second-order valence-electron chi connectivity index (χ2n) is 5.66. The second kappa shape index (κ2) is 8.11. The standard InChI is InChI=1S/C18H21FN2O3S/c1-3-17(18(22)20-13-14-9-11-15(19)12-10-14)21(25(2,23)24)16-7-5-4-6-8-16/h4-12,17H,3,13H2,1-2H3,(H,20,22)/t17-/m0/s1. The van der Waals surface area contributed by atoms with E-state index in [0.29, 0.717) is 12.1 Å². The fraction of sp³-hybridized carbons (Fsp3) is 0.278. The first-order valence-electron chi connectivity index (χ1n) is 7.89. The van der Waals surface area contributed by atoms with E-state index >= 15 is 0 Å². The Morgan fingerprint density at radius 1 is 1.12 bits per heavy atom. The van der Waals surface area contributed by atoms with Gasteiger partial charge in [-0.3, -0.25) is 9.10 Å². The van der Waals surface area contributed by atoms with Gasteiger partial charge in [-0.05, 0) is 36.2 Å². The lowest BCUT2D eigenvalue weighted by molar-refractivity contribution is -0.122. The van der Waals surface area contributed by atoms with Gasteiger partial charge in [0.25, 0.3) is 0 Å². The monoisotopic (exact) mass is 364 g/mol. The number of anilines is 1. The van der Waals surface area contributed by atoms with E-state index < -0.39 is 22.0 Å². The van der Waals surface area contributed by atoms with E-state index in [4.69, 9.17) is 0 Å². The number of nitrogens with zero attached hydrogens (tertiary/aromatic N) is 1. The van der Waals surface area contributed by atoms with Gasteiger partial charge in [0, 0.05) is 6.54 Å². The molecule has 0 saturated carbocycles. The Kier molecular flexibility index (Phi) is 6.14. The zero-order valence-electron chi connectivity index (χ0n) is 14.1. The highest BCUT2D eigenvalue weighted by molar-refractivity contribution is 7.92. The predicted molar refractivity (Wildman–Crippen MR) is 96.1 cm³/mol. The van der Waals surface area contributed by atoms with E-state index in [-0.39, 0.29) is 12.4 Å². The maximum Gasteiger partial charge on any atom is 0.244 e. The third-order valence-electron chi connectivity index (χ3n) is 3.72. The van der Waals surface area contributed by atoms with Crippen LogP contribution in [0.25, 0.3) is 0 Å². The summed E-state index contributed by atoms with van der Waals surface area (Å²) in [7, 11) is -3.64. The Balaban J connectivity index is 2.19. The first-order chi connectivity index (χ1) is 11.8. The van der Waals surface area contributed by atoms with Crippen LogP contribution in [-0.4, -0.2) is 26.6 Å². The summed E-state index contributed by atoms with van der Waals surface area (Å²) in [4.78, 5) is 12.6. The van der Waals surface area contributed by atoms with Gasteiger partial charge in [-0.25, -0.2) is 12.8 Å². The van der Waals surface area contributed by atoms with Gasteiger partial charge in [0.1, 0.15) is 11.9 Å². The lowest BCUT2D eigenvalue weighted by Gasteiger charge is -2.30. The summed E-state index contributed by atoms with van der Waals surface area (Å²) in [5.74, 6) is -0.755. The smallest absolute Gasteiger partial charge is 0.244 e. The minimum Gasteiger partial charge on any atom is -0.350 e. The highest BCUT2D eigenvalue weighted by Gasteiger charge is 2.31. The number of carbonyl (C=O) groups is 1. The third-order valence-corrected chi connectivity index (χ3v) is 4.90. The average Bonchev–Trinajstić information content (AvgIpc) is 2.58. The van der Waals surface area contributed by atoms with Gasteiger partial charge in [-0.1, -0.05) is 37.3 Å². The number of benzene rings is 2. The quantitative estimate of drug-likeness (QED) is 0.821. The number of halogens is 1. The van der Waals surface area contributed by atoms with Gasteiger partial charge in [0.05, 0.1) is 11.9 Å². The summed E-state index contributed by atoms with van der Waals surface area (Å²) in [6, 6.07) is 13.4. The molecular weight excluding hydrogens is 343 g/mol. The van der Waals surface area contributed by atoms with Crippen LogP contribution in [0.5, 0.6) is 0 Å². The summed E-state index contributed by atoms with van der Waals surface area (Å²) in [5.41, 5.74) is 1.17. The molecule has 5 nitrogen and oxygen atoms in total. The molecule has 7 heteroatoms. The first-order valence-corrected chi connectivity index (χ1v) is 9.74. The number of hydrogen-bond donors (Lipinski definition) is 1. The summed E-state index contributed by atoms with van der Waals surface area (Å²) < 4.78 is 38.6. The summed E-state index contributed by atoms with van der Waals surface area (Å²) >= 11 is 0. The van der Waals surface area contributed by atoms with E-state index in [2.05, 4.69) is 5.32 Å². The molecule has 2 aromatic carbocycles. The van der Waals surface area contributed by atoms with Crippen LogP contribution in [-0.2, 0) is 21.4 Å². The van der Waals surface area contributed by atoms with Gasteiger partial charge >= 0.3 is 0 Å². The van der Waals surface area contributed by atoms with Gasteiger partial charge in [0.2, 0.25) is 15.9 Å². The fourth-order valence-electron chi connectivity index (χ4n) is 2.54. The van der Waals surface area contributed by atoms with E-state index in [1.807, 2.05) is 0 Å². The number of sulfonamides is 1. The summed E-state index contributed by atoms with van der Waals surface area (Å²) in [5, 5.41) is 2.72. The van der Waals surface area contributed by atoms with Crippen molar-refractivity contribution < 1.29 is 17.6 Å². The number of amides is 1. The molecule has 2 rings (SSSR count). The molecule has 0 aliphatic rings. The number of para-hydroxylation sites is 1. The molecule has 1 amide bonds. The maximum absolute atomic E-state index is 12.9. The van der Waals surface area contributed by atoms with Crippen LogP contribution in [0.1, 0.15) is 18.9 Å². The van der Waals surface area contributed by atoms with Crippen LogP contribution < -0.4 is 9.62 Å². The molecule has 0 fully saturated rings. The van der Waals surface area contributed by atoms with Crippen LogP contribution in [0.15, 0.2) is 54.6 Å². The van der Waals surface area contributed by atoms with Crippen LogP contribution >= 0.6 is 0 Å². The van der Waals surface area contributed by atoms with Crippen molar-refractivity contribution in [2.75, 3.05) is 10.6 Å². The summed E-state index contributed by atoms with van der Waals surface area (Å²) in [6.07, 6.45) is 1.40. The topological polar surface area (TPSA) is 66.5 Å². The van der Waals surface area contributed by atoms with Crippen molar-refractivity contribution in [2.45, 2.75) is 25.9 Å². The average molecular weight is 364 g/mol. The lowest BCUT2D eigenvalue weighted by atomic mass is 10.1. The lowest BCUT2D eigenvalue weighted by Crippen LogP contribution is -2.49. The van der Waals surface area contributed by atoms with E-state index in [1.165, 1.54) is 12.1 Å². The molecule has 0 bridgehead atoms. The largest absolute Gasteiger partial charge is 0.350 e. The fourth-order valence-corrected chi connectivity index (χ4v) is 3.76. The Labute approximate surface area is 147 Å². The predicted octanol–water partition coefficient (Wildman–Crippen LogP) is 2.69. The first kappa shape index (κ1) is 18.9. The van der Waals surface area contributed by atoms with Crippen molar-refractivity contribution >= 4 is 21.6 Å². The molecule has 0 unspecified atom stereocenters. The maximum atomic E-state index is 12.9. The van der Waals surface area contributed by atoms with Crippen molar-refractivity contribution in [3.8, 4) is 0 Å². The third kappa shape index (κ3) is 5.03. The SMILES string of the molecule is CC[C@@H](C(=O)NCc1ccc(F)cc1)N(c1ccccc1)S(C)(=O)=O. The molecule has 0 saturated heterocycles. The van der Waals surface area contributed by atoms with Gasteiger partial charge in [-0.2, -0.15) is 0 Å². The molecule has 1 atom stereocenters. The molecule has 0 aromatic heterocycles. The van der Waals surface area contributed by atoms with Crippen LogP contribution in [0.3, 0.4) is 0 Å². The molecule has 1 N–H and O–H groups in total. The minimum absolute atomic E-state index is 0.196. The van der Waals surface area contributed by atoms with Gasteiger partial charge < -0.3 is 5.32 Å². The molecule has 0 radical (unpaired) electrons. The minimum atomic E-state index is -3.64. The number of carbonyl (C=O) groups excluding carboxylic acids is 1. The van der Waals surface area contributed by atoms with Crippen LogP contribution in [0.2, 0.25) is 0 Å². The molecular formula is C18H21FN2O3S. The highest BCUT2D eigenvalue weighted by Crippen LogP contribution is 2.22. The second-order valence-corrected chi connectivity index (χ2v) is 7.52. The Hall–Kier alpha value is -2.41. The van der Waals surface area contributed by atoms with E-state index in [9.17, 15) is 17.6 Å². The number of hydrogen-bond acceptors (Lipinski definition) is 3. The van der Waals surface area contributed by atoms with Crippen molar-refractivity contribution in [2.24, 2.45) is 0 Å². The molecule has 25 heavy (non-hydrogen) atoms. The summed E-state index contributed by atoms with van der Waals surface area (Å²) in [6.45, 7) is 1.95. The zero-order valence-corrected chi connectivity index (χ0v) is 15.0. The molecule has 0 aliphatic heterocycles. The number of rotatable bonds is 7. The van der Waals surface area contributed by atoms with Gasteiger partial charge in [-0.15, -0.1) is 0 Å². The van der Waals surface area contributed by atoms with Crippen molar-refractivity contribution in [1.29, 1.82) is 0 Å².